The van der Waals surface area contributed by atoms with Crippen molar-refractivity contribution in [2.24, 2.45) is 0 Å². The molecule has 14 heavy (non-hydrogen) atoms. The summed E-state index contributed by atoms with van der Waals surface area (Å²) in [7, 11) is 0. The van der Waals surface area contributed by atoms with E-state index < -0.39 is 5.97 Å². The second kappa shape index (κ2) is 4.82. The van der Waals surface area contributed by atoms with E-state index in [0.29, 0.717) is 17.8 Å². The first-order valence-electron chi connectivity index (χ1n) is 4.04. The normalized spacial score (nSPS) is 9.07. The quantitative estimate of drug-likeness (QED) is 0.736. The second-order valence-corrected chi connectivity index (χ2v) is 2.60. The number of nitriles is 1. The lowest BCUT2D eigenvalue weighted by Crippen LogP contribution is -2.08. The van der Waals surface area contributed by atoms with Crippen molar-refractivity contribution in [2.75, 3.05) is 11.9 Å². The van der Waals surface area contributed by atoms with Crippen molar-refractivity contribution in [2.45, 2.75) is 6.42 Å². The number of aromatic nitrogens is 1. The number of nitrogens with one attached hydrogen (secondary N) is 1. The van der Waals surface area contributed by atoms with Crippen molar-refractivity contribution in [3.05, 3.63) is 24.0 Å². The molecule has 0 aliphatic heterocycles. The average Bonchev–Trinajstić information content (AvgIpc) is 2.18. The summed E-state index contributed by atoms with van der Waals surface area (Å²) in [4.78, 5) is 14.0. The van der Waals surface area contributed by atoms with E-state index in [1.807, 2.05) is 6.07 Å². The molecule has 0 bridgehead atoms. The predicted octanol–water partition coefficient (Wildman–Crippen LogP) is 0.840. The van der Waals surface area contributed by atoms with Gasteiger partial charge in [-0.05, 0) is 6.07 Å². The third kappa shape index (κ3) is 2.75. The molecule has 0 saturated heterocycles. The van der Waals surface area contributed by atoms with Gasteiger partial charge < -0.3 is 10.4 Å². The molecule has 0 amide bonds. The van der Waals surface area contributed by atoms with Gasteiger partial charge in [0.25, 0.3) is 0 Å². The van der Waals surface area contributed by atoms with Crippen LogP contribution in [0.4, 0.5) is 5.69 Å². The molecule has 2 N–H and O–H groups in total. The maximum absolute atomic E-state index is 10.2. The molecule has 1 aromatic heterocycles. The maximum Gasteiger partial charge on any atom is 0.305 e. The van der Waals surface area contributed by atoms with E-state index in [1.165, 1.54) is 6.20 Å². The zero-order valence-electron chi connectivity index (χ0n) is 7.40. The summed E-state index contributed by atoms with van der Waals surface area (Å²) in [6.07, 6.45) is 3.00. The number of carbonyl (C=O) groups is 1. The lowest BCUT2D eigenvalue weighted by atomic mass is 10.2. The lowest BCUT2D eigenvalue weighted by molar-refractivity contribution is -0.136. The molecular formula is C9H9N3O2. The Hall–Kier alpha value is -2.09. The first-order valence-corrected chi connectivity index (χ1v) is 4.04. The topological polar surface area (TPSA) is 86.0 Å². The van der Waals surface area contributed by atoms with Crippen LogP contribution in [0.15, 0.2) is 18.5 Å². The summed E-state index contributed by atoms with van der Waals surface area (Å²) in [5.41, 5.74) is 1.03. The van der Waals surface area contributed by atoms with Gasteiger partial charge in [-0.25, -0.2) is 0 Å². The van der Waals surface area contributed by atoms with Gasteiger partial charge in [0.05, 0.1) is 17.7 Å². The molecular weight excluding hydrogens is 182 g/mol. The molecule has 1 rings (SSSR count). The molecule has 72 valence electrons. The Labute approximate surface area is 81.0 Å². The fourth-order valence-corrected chi connectivity index (χ4v) is 0.942. The first kappa shape index (κ1) is 9.99. The fourth-order valence-electron chi connectivity index (χ4n) is 0.942. The monoisotopic (exact) mass is 191 g/mol. The van der Waals surface area contributed by atoms with Gasteiger partial charge in [0, 0.05) is 18.9 Å². The molecule has 0 aromatic carbocycles. The molecule has 0 atom stereocenters. The second-order valence-electron chi connectivity index (χ2n) is 2.60. The molecule has 0 fully saturated rings. The largest absolute Gasteiger partial charge is 0.481 e. The van der Waals surface area contributed by atoms with Crippen LogP contribution in [0.3, 0.4) is 0 Å². The average molecular weight is 191 g/mol. The van der Waals surface area contributed by atoms with Crippen molar-refractivity contribution < 1.29 is 9.90 Å². The molecule has 5 heteroatoms. The van der Waals surface area contributed by atoms with Crippen LogP contribution in [0.1, 0.15) is 12.0 Å². The van der Waals surface area contributed by atoms with E-state index in [9.17, 15) is 4.79 Å². The van der Waals surface area contributed by atoms with Crippen LogP contribution >= 0.6 is 0 Å². The van der Waals surface area contributed by atoms with E-state index >= 15 is 0 Å². The summed E-state index contributed by atoms with van der Waals surface area (Å²) in [5.74, 6) is -0.870. The van der Waals surface area contributed by atoms with Crippen LogP contribution in [0, 0.1) is 11.3 Å². The highest BCUT2D eigenvalue weighted by atomic mass is 16.4. The van der Waals surface area contributed by atoms with Gasteiger partial charge in [-0.15, -0.1) is 0 Å². The number of pyridine rings is 1. The van der Waals surface area contributed by atoms with Crippen molar-refractivity contribution in [1.29, 1.82) is 5.26 Å². The Morgan fingerprint density at radius 3 is 3.14 bits per heavy atom. The minimum Gasteiger partial charge on any atom is -0.481 e. The van der Waals surface area contributed by atoms with Crippen LogP contribution in [-0.2, 0) is 4.79 Å². The number of carboxylic acids is 1. The summed E-state index contributed by atoms with van der Waals surface area (Å²) in [5, 5.41) is 19.9. The zero-order valence-corrected chi connectivity index (χ0v) is 7.40. The van der Waals surface area contributed by atoms with E-state index in [1.54, 1.807) is 12.3 Å². The van der Waals surface area contributed by atoms with Crippen LogP contribution in [-0.4, -0.2) is 22.6 Å². The van der Waals surface area contributed by atoms with E-state index in [-0.39, 0.29) is 6.42 Å². The minimum absolute atomic E-state index is 0.0210. The van der Waals surface area contributed by atoms with Crippen LogP contribution in [0.2, 0.25) is 0 Å². The Bertz CT molecular complexity index is 371. The first-order chi connectivity index (χ1) is 6.74. The van der Waals surface area contributed by atoms with Crippen molar-refractivity contribution in [1.82, 2.24) is 4.98 Å². The number of rotatable bonds is 4. The zero-order chi connectivity index (χ0) is 10.4. The van der Waals surface area contributed by atoms with Crippen molar-refractivity contribution >= 4 is 11.7 Å². The van der Waals surface area contributed by atoms with E-state index in [4.69, 9.17) is 10.4 Å². The van der Waals surface area contributed by atoms with Crippen LogP contribution in [0.5, 0.6) is 0 Å². The standard InChI is InChI=1S/C9H9N3O2/c10-5-7-6-11-3-1-8(7)12-4-2-9(13)14/h1,3,6H,2,4H2,(H,11,12)(H,13,14). The van der Waals surface area contributed by atoms with Gasteiger partial charge in [-0.3, -0.25) is 9.78 Å². The van der Waals surface area contributed by atoms with Crippen molar-refractivity contribution in [3.8, 4) is 6.07 Å². The summed E-state index contributed by atoms with van der Waals surface area (Å²) >= 11 is 0. The SMILES string of the molecule is N#Cc1cnccc1NCCC(=O)O. The molecule has 0 unspecified atom stereocenters. The number of carboxylic acid groups (broad SMARTS) is 1. The number of nitrogens with zero attached hydrogens (tertiary/aromatic N) is 2. The molecule has 0 aliphatic rings. The van der Waals surface area contributed by atoms with Crippen molar-refractivity contribution in [3.63, 3.8) is 0 Å². The molecule has 1 heterocycles. The van der Waals surface area contributed by atoms with Gasteiger partial charge in [0.15, 0.2) is 0 Å². The van der Waals surface area contributed by atoms with Gasteiger partial charge in [0.2, 0.25) is 0 Å². The number of hydrogen-bond acceptors (Lipinski definition) is 4. The highest BCUT2D eigenvalue weighted by Gasteiger charge is 2.01. The Morgan fingerprint density at radius 2 is 2.50 bits per heavy atom. The molecule has 5 nitrogen and oxygen atoms in total. The Morgan fingerprint density at radius 1 is 1.71 bits per heavy atom. The smallest absolute Gasteiger partial charge is 0.305 e. The summed E-state index contributed by atoms with van der Waals surface area (Å²) < 4.78 is 0. The predicted molar refractivity (Wildman–Crippen MR) is 49.7 cm³/mol. The number of hydrogen-bond donors (Lipinski definition) is 2. The maximum atomic E-state index is 10.2. The molecule has 1 aromatic rings. The van der Waals surface area contributed by atoms with Gasteiger partial charge >= 0.3 is 5.97 Å². The fraction of sp³-hybridized carbons (Fsp3) is 0.222. The van der Waals surface area contributed by atoms with Crippen LogP contribution in [0.25, 0.3) is 0 Å². The van der Waals surface area contributed by atoms with Gasteiger partial charge in [0.1, 0.15) is 6.07 Å². The Balaban J connectivity index is 2.59. The number of aliphatic carboxylic acids is 1. The third-order valence-electron chi connectivity index (χ3n) is 1.60. The Kier molecular flexibility index (Phi) is 3.44. The number of anilines is 1. The van der Waals surface area contributed by atoms with Gasteiger partial charge in [-0.2, -0.15) is 5.26 Å². The third-order valence-corrected chi connectivity index (χ3v) is 1.60. The van der Waals surface area contributed by atoms with Gasteiger partial charge in [-0.1, -0.05) is 0 Å². The van der Waals surface area contributed by atoms with Crippen LogP contribution < -0.4 is 5.32 Å². The summed E-state index contributed by atoms with van der Waals surface area (Å²) in [6, 6.07) is 3.60. The van der Waals surface area contributed by atoms with E-state index in [2.05, 4.69) is 10.3 Å². The highest BCUT2D eigenvalue weighted by Crippen LogP contribution is 2.11. The highest BCUT2D eigenvalue weighted by molar-refractivity contribution is 5.67. The molecule has 0 spiro atoms. The lowest BCUT2D eigenvalue weighted by Gasteiger charge is -2.04. The summed E-state index contributed by atoms with van der Waals surface area (Å²) in [6.45, 7) is 0.300. The molecule has 0 saturated carbocycles. The molecule has 0 aliphatic carbocycles. The minimum atomic E-state index is -0.870. The van der Waals surface area contributed by atoms with E-state index in [0.717, 1.165) is 0 Å². The molecule has 0 radical (unpaired) electrons.